The van der Waals surface area contributed by atoms with Crippen LogP contribution in [0.2, 0.25) is 0 Å². The number of nitrogens with one attached hydrogen (secondary N) is 1. The number of anilines is 1. The standard InChI is InChI=1S/C16H22Cl2N4O2/c1-21-14-6-5-12(22(9-7-17)10-8-18)11-13(14)19-15(21)3-2-4-16(23)20-24/h5-6,11,24H,2-4,7-10H2,1H3,(H,20,23). The van der Waals surface area contributed by atoms with Crippen LogP contribution in [0.4, 0.5) is 5.69 Å². The Labute approximate surface area is 151 Å². The van der Waals surface area contributed by atoms with Gasteiger partial charge in [0.05, 0.1) is 11.0 Å². The number of aromatic nitrogens is 2. The molecule has 0 spiro atoms. The number of nitrogens with zero attached hydrogens (tertiary/aromatic N) is 3. The van der Waals surface area contributed by atoms with Gasteiger partial charge in [-0.3, -0.25) is 10.0 Å². The minimum absolute atomic E-state index is 0.268. The third kappa shape index (κ3) is 4.53. The highest BCUT2D eigenvalue weighted by Crippen LogP contribution is 2.23. The second-order valence-corrected chi connectivity index (χ2v) is 6.27. The number of hydrogen-bond acceptors (Lipinski definition) is 4. The largest absolute Gasteiger partial charge is 0.369 e. The Balaban J connectivity index is 2.18. The van der Waals surface area contributed by atoms with Gasteiger partial charge in [-0.2, -0.15) is 0 Å². The Kier molecular flexibility index (Phi) is 7.15. The second-order valence-electron chi connectivity index (χ2n) is 5.51. The third-order valence-corrected chi connectivity index (χ3v) is 4.30. The fourth-order valence-corrected chi connectivity index (χ4v) is 3.10. The molecule has 0 saturated carbocycles. The topological polar surface area (TPSA) is 70.4 Å². The molecule has 1 aromatic heterocycles. The van der Waals surface area contributed by atoms with Crippen molar-refractivity contribution in [3.63, 3.8) is 0 Å². The summed E-state index contributed by atoms with van der Waals surface area (Å²) in [5.41, 5.74) is 4.64. The van der Waals surface area contributed by atoms with Crippen LogP contribution in [0.3, 0.4) is 0 Å². The monoisotopic (exact) mass is 372 g/mol. The number of alkyl halides is 2. The zero-order valence-corrected chi connectivity index (χ0v) is 15.1. The maximum atomic E-state index is 11.1. The van der Waals surface area contributed by atoms with Crippen molar-refractivity contribution in [3.8, 4) is 0 Å². The van der Waals surface area contributed by atoms with E-state index >= 15 is 0 Å². The summed E-state index contributed by atoms with van der Waals surface area (Å²) in [6, 6.07) is 6.13. The van der Waals surface area contributed by atoms with Gasteiger partial charge in [0, 0.05) is 50.4 Å². The molecule has 0 unspecified atom stereocenters. The van der Waals surface area contributed by atoms with E-state index in [4.69, 9.17) is 28.4 Å². The van der Waals surface area contributed by atoms with Crippen molar-refractivity contribution < 1.29 is 10.0 Å². The van der Waals surface area contributed by atoms with Gasteiger partial charge in [0.2, 0.25) is 5.91 Å². The molecule has 0 aliphatic heterocycles. The van der Waals surface area contributed by atoms with Gasteiger partial charge in [-0.15, -0.1) is 23.2 Å². The van der Waals surface area contributed by atoms with Crippen LogP contribution in [0.15, 0.2) is 18.2 Å². The first-order valence-corrected chi connectivity index (χ1v) is 8.92. The van der Waals surface area contributed by atoms with Crippen LogP contribution in [0, 0.1) is 0 Å². The predicted molar refractivity (Wildman–Crippen MR) is 97.2 cm³/mol. The van der Waals surface area contributed by atoms with Crippen LogP contribution in [0.5, 0.6) is 0 Å². The van der Waals surface area contributed by atoms with Crippen molar-refractivity contribution in [1.29, 1.82) is 0 Å². The van der Waals surface area contributed by atoms with Gasteiger partial charge in [0.25, 0.3) is 0 Å². The number of amides is 1. The molecule has 0 atom stereocenters. The lowest BCUT2D eigenvalue weighted by atomic mass is 10.2. The number of carbonyl (C=O) groups is 1. The number of aryl methyl sites for hydroxylation is 2. The van der Waals surface area contributed by atoms with Crippen LogP contribution in [0.1, 0.15) is 18.7 Å². The normalized spacial score (nSPS) is 11.0. The average molecular weight is 373 g/mol. The number of benzene rings is 1. The summed E-state index contributed by atoms with van der Waals surface area (Å²) in [7, 11) is 1.96. The molecule has 0 aliphatic carbocycles. The number of rotatable bonds is 9. The van der Waals surface area contributed by atoms with Crippen LogP contribution in [-0.2, 0) is 18.3 Å². The Morgan fingerprint density at radius 3 is 2.67 bits per heavy atom. The van der Waals surface area contributed by atoms with E-state index in [1.807, 2.05) is 29.8 Å². The highest BCUT2D eigenvalue weighted by molar-refractivity contribution is 6.18. The molecule has 0 fully saturated rings. The third-order valence-electron chi connectivity index (χ3n) is 3.96. The minimum Gasteiger partial charge on any atom is -0.369 e. The smallest absolute Gasteiger partial charge is 0.243 e. The van der Waals surface area contributed by atoms with Crippen LogP contribution >= 0.6 is 23.2 Å². The van der Waals surface area contributed by atoms with E-state index in [0.29, 0.717) is 24.6 Å². The fourth-order valence-electron chi connectivity index (χ4n) is 2.70. The van der Waals surface area contributed by atoms with Gasteiger partial charge >= 0.3 is 0 Å². The Bertz CT molecular complexity index is 684. The molecule has 1 heterocycles. The van der Waals surface area contributed by atoms with E-state index in [9.17, 15) is 4.79 Å². The zero-order chi connectivity index (χ0) is 17.5. The summed E-state index contributed by atoms with van der Waals surface area (Å²) >= 11 is 11.7. The molecule has 132 valence electrons. The first-order chi connectivity index (χ1) is 11.6. The summed E-state index contributed by atoms with van der Waals surface area (Å²) in [4.78, 5) is 17.9. The number of imidazole rings is 1. The van der Waals surface area contributed by atoms with Gasteiger partial charge in [0.1, 0.15) is 5.82 Å². The van der Waals surface area contributed by atoms with Crippen molar-refractivity contribution in [1.82, 2.24) is 15.0 Å². The van der Waals surface area contributed by atoms with Crippen molar-refractivity contribution >= 4 is 45.8 Å². The molecular weight excluding hydrogens is 351 g/mol. The Hall–Kier alpha value is -1.50. The number of carbonyl (C=O) groups excluding carboxylic acids is 1. The first-order valence-electron chi connectivity index (χ1n) is 7.86. The molecule has 0 aliphatic rings. The Morgan fingerprint density at radius 1 is 1.33 bits per heavy atom. The van der Waals surface area contributed by atoms with Crippen molar-refractivity contribution in [2.24, 2.45) is 7.05 Å². The molecule has 0 bridgehead atoms. The van der Waals surface area contributed by atoms with Crippen LogP contribution < -0.4 is 10.4 Å². The molecule has 24 heavy (non-hydrogen) atoms. The van der Waals surface area contributed by atoms with E-state index in [2.05, 4.69) is 9.88 Å². The summed E-state index contributed by atoms with van der Waals surface area (Å²) in [6.07, 6.45) is 1.56. The molecular formula is C16H22Cl2N4O2. The first kappa shape index (κ1) is 18.8. The number of halogens is 2. The van der Waals surface area contributed by atoms with Gasteiger partial charge in [-0.05, 0) is 24.6 Å². The quantitative estimate of drug-likeness (QED) is 0.403. The van der Waals surface area contributed by atoms with E-state index < -0.39 is 0 Å². The van der Waals surface area contributed by atoms with Gasteiger partial charge < -0.3 is 9.47 Å². The molecule has 6 nitrogen and oxygen atoms in total. The number of hydroxylamine groups is 1. The lowest BCUT2D eigenvalue weighted by Gasteiger charge is -2.22. The van der Waals surface area contributed by atoms with E-state index in [1.165, 1.54) is 0 Å². The predicted octanol–water partition coefficient (Wildman–Crippen LogP) is 2.69. The van der Waals surface area contributed by atoms with Gasteiger partial charge in [-0.25, -0.2) is 10.5 Å². The second kappa shape index (κ2) is 9.11. The number of fused-ring (bicyclic) bond motifs is 1. The van der Waals surface area contributed by atoms with Crippen LogP contribution in [0.25, 0.3) is 11.0 Å². The van der Waals surface area contributed by atoms with E-state index in [-0.39, 0.29) is 12.3 Å². The van der Waals surface area contributed by atoms with Gasteiger partial charge in [0.15, 0.2) is 0 Å². The number of hydrogen-bond donors (Lipinski definition) is 2. The molecule has 2 aromatic rings. The SMILES string of the molecule is Cn1c(CCCC(=O)NO)nc2cc(N(CCCl)CCCl)ccc21. The zero-order valence-electron chi connectivity index (χ0n) is 13.6. The molecule has 0 saturated heterocycles. The summed E-state index contributed by atoms with van der Waals surface area (Å²) < 4.78 is 2.03. The molecule has 1 amide bonds. The van der Waals surface area contributed by atoms with Gasteiger partial charge in [-0.1, -0.05) is 0 Å². The summed E-state index contributed by atoms with van der Waals surface area (Å²) in [5, 5.41) is 8.53. The molecule has 0 radical (unpaired) electrons. The van der Waals surface area contributed by atoms with Crippen molar-refractivity contribution in [3.05, 3.63) is 24.0 Å². The fraction of sp³-hybridized carbons (Fsp3) is 0.500. The van der Waals surface area contributed by atoms with Crippen molar-refractivity contribution in [2.45, 2.75) is 19.3 Å². The lowest BCUT2D eigenvalue weighted by Crippen LogP contribution is -2.27. The summed E-state index contributed by atoms with van der Waals surface area (Å²) in [5.74, 6) is 1.60. The molecule has 2 N–H and O–H groups in total. The maximum absolute atomic E-state index is 11.1. The van der Waals surface area contributed by atoms with E-state index in [0.717, 1.165) is 35.6 Å². The minimum atomic E-state index is -0.381. The maximum Gasteiger partial charge on any atom is 0.243 e. The Morgan fingerprint density at radius 2 is 2.04 bits per heavy atom. The van der Waals surface area contributed by atoms with Crippen LogP contribution in [-0.4, -0.2) is 45.5 Å². The highest BCUT2D eigenvalue weighted by Gasteiger charge is 2.12. The molecule has 2 rings (SSSR count). The molecule has 1 aromatic carbocycles. The van der Waals surface area contributed by atoms with E-state index in [1.54, 1.807) is 5.48 Å². The van der Waals surface area contributed by atoms with Crippen molar-refractivity contribution in [2.75, 3.05) is 29.7 Å². The average Bonchev–Trinajstić information content (AvgIpc) is 2.90. The highest BCUT2D eigenvalue weighted by atomic mass is 35.5. The lowest BCUT2D eigenvalue weighted by molar-refractivity contribution is -0.129. The summed E-state index contributed by atoms with van der Waals surface area (Å²) in [6.45, 7) is 1.46. The molecule has 8 heteroatoms.